The Labute approximate surface area is 264 Å². The number of carbonyl (C=O) groups is 3. The summed E-state index contributed by atoms with van der Waals surface area (Å²) in [5.74, 6) is -1.55. The van der Waals surface area contributed by atoms with Gasteiger partial charge in [0.05, 0.1) is 11.2 Å². The maximum atomic E-state index is 14.7. The minimum Gasteiger partial charge on any atom is -0.506 e. The molecular formula is C37H43NO7. The maximum absolute atomic E-state index is 14.7. The molecule has 1 spiro atoms. The summed E-state index contributed by atoms with van der Waals surface area (Å²) >= 11 is 0. The number of ketones is 2. The number of hydrogen-bond donors (Lipinski definition) is 2. The molecular weight excluding hydrogens is 570 g/mol. The molecule has 0 unspecified atom stereocenters. The summed E-state index contributed by atoms with van der Waals surface area (Å²) in [5, 5.41) is 11.7. The Morgan fingerprint density at radius 3 is 2.44 bits per heavy atom. The van der Waals surface area contributed by atoms with Gasteiger partial charge >= 0.3 is 0 Å². The molecule has 5 atom stereocenters. The first-order valence-corrected chi connectivity index (χ1v) is 15.8. The van der Waals surface area contributed by atoms with Crippen molar-refractivity contribution in [3.8, 4) is 17.2 Å². The molecule has 3 heterocycles. The number of phenolic OH excluding ortho intramolecular Hbond substituents is 1. The number of phenols is 1. The SMILES string of the molecule is CC(C)=CCC[C@@H]1C=Cc2c(O)c3c(c(CC=C(C)C)c2O1)O[C@]12C(=C[C@@H]4C[C@H]1C(C)(C)O[C@@]2(C/C=C(/C)C(N)=O)C4=O)C3=O. The summed E-state index contributed by atoms with van der Waals surface area (Å²) in [6, 6.07) is 0. The van der Waals surface area contributed by atoms with E-state index in [4.69, 9.17) is 19.9 Å². The number of nitrogens with two attached hydrogens (primary N) is 1. The molecule has 1 saturated heterocycles. The Morgan fingerprint density at radius 1 is 1.07 bits per heavy atom. The number of ether oxygens (including phenoxy) is 3. The van der Waals surface area contributed by atoms with Crippen molar-refractivity contribution in [2.45, 2.75) is 103 Å². The number of amides is 1. The molecule has 45 heavy (non-hydrogen) atoms. The van der Waals surface area contributed by atoms with E-state index in [1.165, 1.54) is 5.57 Å². The molecule has 2 fully saturated rings. The average Bonchev–Trinajstić information content (AvgIpc) is 3.12. The van der Waals surface area contributed by atoms with Crippen molar-refractivity contribution in [2.24, 2.45) is 17.6 Å². The van der Waals surface area contributed by atoms with Crippen molar-refractivity contribution in [1.82, 2.24) is 0 Å². The fourth-order valence-corrected chi connectivity index (χ4v) is 7.98. The Kier molecular flexibility index (Phi) is 7.31. The van der Waals surface area contributed by atoms with Gasteiger partial charge in [-0.15, -0.1) is 0 Å². The fourth-order valence-electron chi connectivity index (χ4n) is 7.98. The quantitative estimate of drug-likeness (QED) is 0.262. The molecule has 3 aliphatic carbocycles. The molecule has 1 aromatic rings. The topological polar surface area (TPSA) is 125 Å². The summed E-state index contributed by atoms with van der Waals surface area (Å²) in [4.78, 5) is 41.0. The highest BCUT2D eigenvalue weighted by Gasteiger charge is 2.81. The van der Waals surface area contributed by atoms with E-state index < -0.39 is 28.6 Å². The van der Waals surface area contributed by atoms with Crippen molar-refractivity contribution >= 4 is 23.5 Å². The van der Waals surface area contributed by atoms with Crippen molar-refractivity contribution in [1.29, 1.82) is 0 Å². The highest BCUT2D eigenvalue weighted by Crippen LogP contribution is 2.68. The van der Waals surface area contributed by atoms with Crippen LogP contribution in [0, 0.1) is 11.8 Å². The lowest BCUT2D eigenvalue weighted by Crippen LogP contribution is -2.72. The molecule has 3 aliphatic heterocycles. The second-order valence-corrected chi connectivity index (χ2v) is 14.1. The predicted octanol–water partition coefficient (Wildman–Crippen LogP) is 6.25. The van der Waals surface area contributed by atoms with Gasteiger partial charge in [-0.2, -0.15) is 0 Å². The predicted molar refractivity (Wildman–Crippen MR) is 171 cm³/mol. The number of primary amides is 1. The minimum absolute atomic E-state index is 0.0168. The van der Waals surface area contributed by atoms with Gasteiger partial charge in [0.15, 0.2) is 22.8 Å². The molecule has 7 rings (SSSR count). The number of rotatable bonds is 8. The Morgan fingerprint density at radius 2 is 1.78 bits per heavy atom. The lowest BCUT2D eigenvalue weighted by Gasteiger charge is -2.56. The standard InChI is InChI=1S/C37H43NO7/c1-19(2)9-8-10-23-12-14-24-29(39)28-30(40)26-17-22-18-27-35(6,7)45-36(33(22)41,16-15-21(5)34(38)42)37(26,27)44-32(28)25(31(24)43-23)13-11-20(3)4/h9,11-12,14-15,17,22-23,27,39H,8,10,13,16,18H2,1-7H3,(H2,38,42)/b21-15-/t22-,23-,27+,36+,37-/m1/s1. The van der Waals surface area contributed by atoms with E-state index in [1.54, 1.807) is 19.1 Å². The molecule has 8 nitrogen and oxygen atoms in total. The molecule has 0 radical (unpaired) electrons. The molecule has 238 valence electrons. The molecule has 4 bridgehead atoms. The van der Waals surface area contributed by atoms with Crippen LogP contribution >= 0.6 is 0 Å². The molecule has 8 heteroatoms. The van der Waals surface area contributed by atoms with Crippen LogP contribution in [-0.2, 0) is 20.7 Å². The molecule has 1 aromatic carbocycles. The second kappa shape index (κ2) is 10.6. The Balaban J connectivity index is 1.57. The van der Waals surface area contributed by atoms with Gasteiger partial charge in [0, 0.05) is 35.0 Å². The van der Waals surface area contributed by atoms with E-state index in [9.17, 15) is 19.5 Å². The van der Waals surface area contributed by atoms with Crippen molar-refractivity contribution < 1.29 is 33.7 Å². The van der Waals surface area contributed by atoms with E-state index in [-0.39, 0.29) is 47.1 Å². The normalized spacial score (nSPS) is 30.0. The van der Waals surface area contributed by atoms with E-state index in [2.05, 4.69) is 19.9 Å². The third-order valence-electron chi connectivity index (χ3n) is 10.2. The number of carbonyl (C=O) groups excluding carboxylic acids is 3. The zero-order valence-electron chi connectivity index (χ0n) is 27.2. The number of aromatic hydroxyl groups is 1. The molecule has 3 N–H and O–H groups in total. The Bertz CT molecular complexity index is 1680. The van der Waals surface area contributed by atoms with Gasteiger partial charge < -0.3 is 25.1 Å². The van der Waals surface area contributed by atoms with Gasteiger partial charge in [0.25, 0.3) is 0 Å². The monoisotopic (exact) mass is 613 g/mol. The molecule has 1 saturated carbocycles. The minimum atomic E-state index is -1.56. The number of allylic oxidation sites excluding steroid dienone is 5. The molecule has 1 amide bonds. The van der Waals surface area contributed by atoms with Crippen LogP contribution in [0.5, 0.6) is 17.2 Å². The first kappa shape index (κ1) is 31.1. The van der Waals surface area contributed by atoms with Gasteiger partial charge in [-0.05, 0) is 86.3 Å². The van der Waals surface area contributed by atoms with Crippen molar-refractivity contribution in [3.63, 3.8) is 0 Å². The van der Waals surface area contributed by atoms with Crippen LogP contribution in [0.4, 0.5) is 0 Å². The van der Waals surface area contributed by atoms with E-state index >= 15 is 0 Å². The van der Waals surface area contributed by atoms with E-state index in [1.807, 2.05) is 45.9 Å². The van der Waals surface area contributed by atoms with Gasteiger partial charge in [0.2, 0.25) is 5.91 Å². The third kappa shape index (κ3) is 4.47. The van der Waals surface area contributed by atoms with Gasteiger partial charge in [-0.25, -0.2) is 0 Å². The Hall–Kier alpha value is -3.91. The van der Waals surface area contributed by atoms with Crippen LogP contribution in [0.1, 0.15) is 95.6 Å². The van der Waals surface area contributed by atoms with Crippen LogP contribution in [0.3, 0.4) is 0 Å². The summed E-state index contributed by atoms with van der Waals surface area (Å²) in [6.45, 7) is 13.6. The highest BCUT2D eigenvalue weighted by atomic mass is 16.6. The number of fused-ring (bicyclic) bond motifs is 2. The average molecular weight is 614 g/mol. The molecule has 6 aliphatic rings. The lowest BCUT2D eigenvalue weighted by molar-refractivity contribution is -0.171. The van der Waals surface area contributed by atoms with Crippen molar-refractivity contribution in [3.05, 3.63) is 69.4 Å². The number of hydrogen-bond acceptors (Lipinski definition) is 7. The van der Waals surface area contributed by atoms with Gasteiger partial charge in [0.1, 0.15) is 28.9 Å². The summed E-state index contributed by atoms with van der Waals surface area (Å²) in [5.41, 5.74) is 5.79. The first-order valence-electron chi connectivity index (χ1n) is 15.8. The zero-order valence-corrected chi connectivity index (χ0v) is 27.2. The van der Waals surface area contributed by atoms with Crippen LogP contribution in [0.15, 0.2) is 52.7 Å². The van der Waals surface area contributed by atoms with Crippen LogP contribution < -0.4 is 15.2 Å². The maximum Gasteiger partial charge on any atom is 0.244 e. The van der Waals surface area contributed by atoms with E-state index in [0.717, 1.165) is 18.4 Å². The second-order valence-electron chi connectivity index (χ2n) is 14.1. The lowest BCUT2D eigenvalue weighted by atomic mass is 9.51. The first-order chi connectivity index (χ1) is 21.1. The van der Waals surface area contributed by atoms with Crippen LogP contribution in [-0.4, -0.2) is 45.5 Å². The zero-order chi connectivity index (χ0) is 32.6. The summed E-state index contributed by atoms with van der Waals surface area (Å²) in [6.07, 6.45) is 13.5. The van der Waals surface area contributed by atoms with Crippen LogP contribution in [0.2, 0.25) is 0 Å². The van der Waals surface area contributed by atoms with E-state index in [0.29, 0.717) is 40.9 Å². The summed E-state index contributed by atoms with van der Waals surface area (Å²) in [7, 11) is 0. The number of benzene rings is 1. The van der Waals surface area contributed by atoms with Crippen molar-refractivity contribution in [2.75, 3.05) is 0 Å². The molecule has 0 aromatic heterocycles. The number of Topliss-reactive ketones (excluding diaryl/α,β-unsaturated/α-hetero) is 2. The highest BCUT2D eigenvalue weighted by molar-refractivity contribution is 6.19. The summed E-state index contributed by atoms with van der Waals surface area (Å²) < 4.78 is 20.4. The van der Waals surface area contributed by atoms with Gasteiger partial charge in [-0.3, -0.25) is 14.4 Å². The van der Waals surface area contributed by atoms with Gasteiger partial charge in [-0.1, -0.05) is 35.5 Å². The largest absolute Gasteiger partial charge is 0.506 e. The third-order valence-corrected chi connectivity index (χ3v) is 10.2. The smallest absolute Gasteiger partial charge is 0.244 e. The van der Waals surface area contributed by atoms with Crippen LogP contribution in [0.25, 0.3) is 6.08 Å². The fraction of sp³-hybridized carbons (Fsp3) is 0.486.